The van der Waals surface area contributed by atoms with Crippen molar-refractivity contribution in [3.8, 4) is 5.75 Å². The van der Waals surface area contributed by atoms with Crippen molar-refractivity contribution >= 4 is 29.9 Å². The number of nitrogens with zero attached hydrogens (tertiary/aromatic N) is 3. The number of rotatable bonds is 7. The molecule has 26 heavy (non-hydrogen) atoms. The van der Waals surface area contributed by atoms with Gasteiger partial charge in [-0.2, -0.15) is 4.98 Å². The van der Waals surface area contributed by atoms with Gasteiger partial charge >= 0.3 is 0 Å². The molecule has 0 aliphatic heterocycles. The minimum absolute atomic E-state index is 0. The monoisotopic (exact) mass is 473 g/mol. The lowest BCUT2D eigenvalue weighted by molar-refractivity contribution is 0.318. The van der Waals surface area contributed by atoms with Gasteiger partial charge in [0.05, 0.1) is 6.54 Å². The van der Waals surface area contributed by atoms with Crippen LogP contribution in [-0.2, 0) is 12.0 Å². The van der Waals surface area contributed by atoms with Gasteiger partial charge in [0.15, 0.2) is 11.8 Å². The van der Waals surface area contributed by atoms with E-state index in [1.165, 1.54) is 0 Å². The molecule has 2 aromatic rings. The number of nitrogens with one attached hydrogen (secondary N) is 2. The van der Waals surface area contributed by atoms with Gasteiger partial charge in [-0.15, -0.1) is 24.0 Å². The molecular formula is C18H28IN5O2. The first-order chi connectivity index (χ1) is 12.0. The standard InChI is InChI=1S/C18H27N5O2.HI/c1-5-19-17(20-11-12-24-14-9-7-6-8-10-14)21-13-15-22-16(25-23-15)18(2,3)4;/h6-10H,5,11-13H2,1-4H3,(H2,19,20,21);1H. The van der Waals surface area contributed by atoms with E-state index >= 15 is 0 Å². The molecule has 0 radical (unpaired) electrons. The van der Waals surface area contributed by atoms with Crippen LogP contribution in [0.15, 0.2) is 39.8 Å². The first kappa shape index (κ1) is 22.2. The third-order valence-electron chi connectivity index (χ3n) is 3.24. The first-order valence-corrected chi connectivity index (χ1v) is 8.52. The summed E-state index contributed by atoms with van der Waals surface area (Å²) in [6, 6.07) is 9.73. The molecule has 0 saturated heterocycles. The Morgan fingerprint density at radius 2 is 1.92 bits per heavy atom. The van der Waals surface area contributed by atoms with Gasteiger partial charge in [-0.1, -0.05) is 44.1 Å². The Morgan fingerprint density at radius 1 is 1.19 bits per heavy atom. The lowest BCUT2D eigenvalue weighted by Gasteiger charge is -2.11. The maximum Gasteiger partial charge on any atom is 0.232 e. The van der Waals surface area contributed by atoms with Crippen molar-refractivity contribution in [3.63, 3.8) is 0 Å². The minimum Gasteiger partial charge on any atom is -0.492 e. The van der Waals surface area contributed by atoms with Crippen molar-refractivity contribution in [1.82, 2.24) is 20.8 Å². The molecule has 1 aromatic carbocycles. The summed E-state index contributed by atoms with van der Waals surface area (Å²) < 4.78 is 10.9. The van der Waals surface area contributed by atoms with E-state index in [2.05, 4.69) is 25.8 Å². The van der Waals surface area contributed by atoms with Crippen molar-refractivity contribution in [2.45, 2.75) is 39.7 Å². The predicted molar refractivity (Wildman–Crippen MR) is 113 cm³/mol. The number of halogens is 1. The summed E-state index contributed by atoms with van der Waals surface area (Å²) in [5.41, 5.74) is -0.160. The first-order valence-electron chi connectivity index (χ1n) is 8.52. The molecule has 1 heterocycles. The summed E-state index contributed by atoms with van der Waals surface area (Å²) in [5, 5.41) is 10.4. The third-order valence-corrected chi connectivity index (χ3v) is 3.24. The van der Waals surface area contributed by atoms with Gasteiger partial charge in [-0.05, 0) is 19.1 Å². The number of hydrogen-bond donors (Lipinski definition) is 2. The lowest BCUT2D eigenvalue weighted by atomic mass is 9.97. The molecule has 0 fully saturated rings. The van der Waals surface area contributed by atoms with E-state index in [4.69, 9.17) is 9.26 Å². The van der Waals surface area contributed by atoms with Crippen molar-refractivity contribution in [2.24, 2.45) is 4.99 Å². The van der Waals surface area contributed by atoms with E-state index < -0.39 is 0 Å². The van der Waals surface area contributed by atoms with Crippen LogP contribution < -0.4 is 15.4 Å². The molecule has 2 N–H and O–H groups in total. The van der Waals surface area contributed by atoms with Crippen molar-refractivity contribution in [2.75, 3.05) is 19.7 Å². The predicted octanol–water partition coefficient (Wildman–Crippen LogP) is 3.12. The van der Waals surface area contributed by atoms with E-state index in [1.807, 2.05) is 58.0 Å². The second-order valence-corrected chi connectivity index (χ2v) is 6.55. The zero-order valence-electron chi connectivity index (χ0n) is 15.8. The highest BCUT2D eigenvalue weighted by Gasteiger charge is 2.21. The summed E-state index contributed by atoms with van der Waals surface area (Å²) >= 11 is 0. The topological polar surface area (TPSA) is 84.6 Å². The Morgan fingerprint density at radius 3 is 2.54 bits per heavy atom. The van der Waals surface area contributed by atoms with Gasteiger partial charge in [0, 0.05) is 12.0 Å². The summed E-state index contributed by atoms with van der Waals surface area (Å²) in [4.78, 5) is 8.86. The molecule has 0 aliphatic carbocycles. The minimum atomic E-state index is -0.160. The Bertz CT molecular complexity index is 668. The van der Waals surface area contributed by atoms with Crippen LogP contribution in [0, 0.1) is 0 Å². The zero-order chi connectivity index (χ0) is 18.1. The molecule has 0 aliphatic rings. The highest BCUT2D eigenvalue weighted by molar-refractivity contribution is 14.0. The SMILES string of the molecule is CCNC(=NCc1noc(C(C)(C)C)n1)NCCOc1ccccc1.I. The Balaban J connectivity index is 0.00000338. The Labute approximate surface area is 172 Å². The highest BCUT2D eigenvalue weighted by Crippen LogP contribution is 2.19. The van der Waals surface area contributed by atoms with E-state index in [1.54, 1.807) is 0 Å². The van der Waals surface area contributed by atoms with Crippen LogP contribution in [0.2, 0.25) is 0 Å². The number of guanidine groups is 1. The second kappa shape index (κ2) is 11.0. The molecular weight excluding hydrogens is 445 g/mol. The van der Waals surface area contributed by atoms with E-state index in [9.17, 15) is 0 Å². The van der Waals surface area contributed by atoms with E-state index in [-0.39, 0.29) is 29.4 Å². The van der Waals surface area contributed by atoms with Crippen LogP contribution in [0.25, 0.3) is 0 Å². The number of aromatic nitrogens is 2. The molecule has 1 aromatic heterocycles. The average molecular weight is 473 g/mol. The number of aliphatic imine (C=N–C) groups is 1. The molecule has 0 saturated carbocycles. The smallest absolute Gasteiger partial charge is 0.232 e. The van der Waals surface area contributed by atoms with Gasteiger partial charge in [-0.25, -0.2) is 4.99 Å². The Hall–Kier alpha value is -1.84. The van der Waals surface area contributed by atoms with Gasteiger partial charge in [0.1, 0.15) is 18.9 Å². The fourth-order valence-corrected chi connectivity index (χ4v) is 1.97. The maximum atomic E-state index is 5.65. The molecule has 7 nitrogen and oxygen atoms in total. The number of ether oxygens (including phenoxy) is 1. The summed E-state index contributed by atoms with van der Waals surface area (Å²) in [5.74, 6) is 2.74. The summed E-state index contributed by atoms with van der Waals surface area (Å²) in [6.45, 7) is 10.4. The normalized spacial score (nSPS) is 11.6. The van der Waals surface area contributed by atoms with Crippen molar-refractivity contribution in [3.05, 3.63) is 42.0 Å². The second-order valence-electron chi connectivity index (χ2n) is 6.55. The van der Waals surface area contributed by atoms with Crippen LogP contribution >= 0.6 is 24.0 Å². The fourth-order valence-electron chi connectivity index (χ4n) is 1.97. The van der Waals surface area contributed by atoms with Crippen LogP contribution in [0.5, 0.6) is 5.75 Å². The largest absolute Gasteiger partial charge is 0.492 e. The number of benzene rings is 1. The molecule has 0 amide bonds. The molecule has 0 unspecified atom stereocenters. The van der Waals surface area contributed by atoms with E-state index in [0.29, 0.717) is 37.4 Å². The summed E-state index contributed by atoms with van der Waals surface area (Å²) in [6.07, 6.45) is 0. The fraction of sp³-hybridized carbons (Fsp3) is 0.500. The Kier molecular flexibility index (Phi) is 9.39. The average Bonchev–Trinajstić information content (AvgIpc) is 3.07. The van der Waals surface area contributed by atoms with Crippen LogP contribution in [-0.4, -0.2) is 35.8 Å². The van der Waals surface area contributed by atoms with Crippen LogP contribution in [0.1, 0.15) is 39.4 Å². The maximum absolute atomic E-state index is 5.65. The molecule has 8 heteroatoms. The van der Waals surface area contributed by atoms with Crippen LogP contribution in [0.3, 0.4) is 0 Å². The molecule has 0 spiro atoms. The van der Waals surface area contributed by atoms with E-state index in [0.717, 1.165) is 12.3 Å². The number of para-hydroxylation sites is 1. The molecule has 144 valence electrons. The van der Waals surface area contributed by atoms with Gasteiger partial charge in [-0.3, -0.25) is 0 Å². The molecule has 2 rings (SSSR count). The lowest BCUT2D eigenvalue weighted by Crippen LogP contribution is -2.39. The zero-order valence-corrected chi connectivity index (χ0v) is 18.1. The number of hydrogen-bond acceptors (Lipinski definition) is 5. The van der Waals surface area contributed by atoms with Crippen molar-refractivity contribution in [1.29, 1.82) is 0 Å². The highest BCUT2D eigenvalue weighted by atomic mass is 127. The third kappa shape index (κ3) is 7.59. The van der Waals surface area contributed by atoms with Gasteiger partial charge < -0.3 is 19.9 Å². The van der Waals surface area contributed by atoms with Gasteiger partial charge in [0.2, 0.25) is 5.89 Å². The quantitative estimate of drug-likeness (QED) is 0.278. The van der Waals surface area contributed by atoms with Crippen molar-refractivity contribution < 1.29 is 9.26 Å². The molecule has 0 bridgehead atoms. The van der Waals surface area contributed by atoms with Crippen LogP contribution in [0.4, 0.5) is 0 Å². The molecule has 0 atom stereocenters. The summed E-state index contributed by atoms with van der Waals surface area (Å²) in [7, 11) is 0. The van der Waals surface area contributed by atoms with Gasteiger partial charge in [0.25, 0.3) is 0 Å².